The van der Waals surface area contributed by atoms with Gasteiger partial charge in [-0.1, -0.05) is 45.4 Å². The summed E-state index contributed by atoms with van der Waals surface area (Å²) in [4.78, 5) is 14.7. The largest absolute Gasteiger partial charge is 0.352 e. The minimum atomic E-state index is 0.0789. The van der Waals surface area contributed by atoms with Crippen LogP contribution in [0, 0.1) is 0 Å². The Morgan fingerprint density at radius 3 is 2.29 bits per heavy atom. The van der Waals surface area contributed by atoms with Crippen LogP contribution in [-0.4, -0.2) is 42.0 Å². The summed E-state index contributed by atoms with van der Waals surface area (Å²) in [5.41, 5.74) is 6.13. The van der Waals surface area contributed by atoms with Gasteiger partial charge < -0.3 is 11.1 Å². The van der Waals surface area contributed by atoms with Crippen LogP contribution in [0.15, 0.2) is 0 Å². The molecule has 0 aromatic carbocycles. The highest BCUT2D eigenvalue weighted by molar-refractivity contribution is 5.78. The van der Waals surface area contributed by atoms with E-state index in [9.17, 15) is 4.79 Å². The van der Waals surface area contributed by atoms with Gasteiger partial charge in [0.1, 0.15) is 0 Å². The molecule has 0 bridgehead atoms. The molecular weight excluding hydrogens is 262 g/mol. The Morgan fingerprint density at radius 2 is 1.76 bits per heavy atom. The van der Waals surface area contributed by atoms with Crippen molar-refractivity contribution in [1.82, 2.24) is 10.2 Å². The first kappa shape index (κ1) is 16.8. The molecule has 0 aliphatic heterocycles. The predicted molar refractivity (Wildman–Crippen MR) is 87.1 cm³/mol. The molecule has 0 aromatic heterocycles. The molecule has 0 saturated heterocycles. The SMILES string of the molecule is CCN(CC(=O)NC1CCCCCC1)C1(CN)CCCC1. The van der Waals surface area contributed by atoms with Crippen LogP contribution in [-0.2, 0) is 4.79 Å². The van der Waals surface area contributed by atoms with Crippen molar-refractivity contribution in [2.24, 2.45) is 5.73 Å². The maximum Gasteiger partial charge on any atom is 0.234 e. The number of rotatable bonds is 6. The molecule has 21 heavy (non-hydrogen) atoms. The minimum absolute atomic E-state index is 0.0789. The van der Waals surface area contributed by atoms with Gasteiger partial charge in [-0.25, -0.2) is 0 Å². The predicted octanol–water partition coefficient (Wildman–Crippen LogP) is 2.42. The summed E-state index contributed by atoms with van der Waals surface area (Å²) in [7, 11) is 0. The highest BCUT2D eigenvalue weighted by Gasteiger charge is 2.38. The lowest BCUT2D eigenvalue weighted by Gasteiger charge is -2.39. The summed E-state index contributed by atoms with van der Waals surface area (Å²) in [6.45, 7) is 4.26. The van der Waals surface area contributed by atoms with Crippen molar-refractivity contribution in [3.05, 3.63) is 0 Å². The highest BCUT2D eigenvalue weighted by Crippen LogP contribution is 2.34. The van der Waals surface area contributed by atoms with E-state index in [4.69, 9.17) is 5.73 Å². The highest BCUT2D eigenvalue weighted by atomic mass is 16.2. The second-order valence-electron chi connectivity index (χ2n) is 6.91. The number of nitrogens with two attached hydrogens (primary N) is 1. The minimum Gasteiger partial charge on any atom is -0.352 e. The van der Waals surface area contributed by atoms with Crippen LogP contribution in [0.2, 0.25) is 0 Å². The zero-order valence-corrected chi connectivity index (χ0v) is 13.7. The van der Waals surface area contributed by atoms with Crippen LogP contribution in [0.4, 0.5) is 0 Å². The standard InChI is InChI=1S/C17H33N3O/c1-2-20(17(14-18)11-7-8-12-17)13-16(21)19-15-9-5-3-4-6-10-15/h15H,2-14,18H2,1H3,(H,19,21). The normalized spacial score (nSPS) is 23.2. The second-order valence-corrected chi connectivity index (χ2v) is 6.91. The first-order valence-electron chi connectivity index (χ1n) is 8.94. The third-order valence-corrected chi connectivity index (χ3v) is 5.52. The molecule has 2 aliphatic rings. The number of hydrogen-bond donors (Lipinski definition) is 2. The average Bonchev–Trinajstić information content (AvgIpc) is 2.84. The number of carbonyl (C=O) groups excluding carboxylic acids is 1. The topological polar surface area (TPSA) is 58.4 Å². The molecule has 0 atom stereocenters. The van der Waals surface area contributed by atoms with Crippen molar-refractivity contribution in [1.29, 1.82) is 0 Å². The maximum atomic E-state index is 12.4. The van der Waals surface area contributed by atoms with Gasteiger partial charge in [0, 0.05) is 18.1 Å². The second kappa shape index (κ2) is 8.14. The number of carbonyl (C=O) groups is 1. The molecule has 1 amide bonds. The first-order valence-corrected chi connectivity index (χ1v) is 8.94. The number of hydrogen-bond acceptors (Lipinski definition) is 3. The van der Waals surface area contributed by atoms with Gasteiger partial charge in [0.05, 0.1) is 6.54 Å². The molecule has 0 aromatic rings. The quantitative estimate of drug-likeness (QED) is 0.740. The summed E-state index contributed by atoms with van der Waals surface area (Å²) >= 11 is 0. The molecule has 122 valence electrons. The number of amides is 1. The van der Waals surface area contributed by atoms with E-state index in [-0.39, 0.29) is 11.4 Å². The van der Waals surface area contributed by atoms with Crippen molar-refractivity contribution in [3.8, 4) is 0 Å². The van der Waals surface area contributed by atoms with E-state index in [1.807, 2.05) is 0 Å². The van der Waals surface area contributed by atoms with Gasteiger partial charge in [0.25, 0.3) is 0 Å². The van der Waals surface area contributed by atoms with Gasteiger partial charge in [-0.2, -0.15) is 0 Å². The third kappa shape index (κ3) is 4.43. The van der Waals surface area contributed by atoms with Crippen molar-refractivity contribution in [2.75, 3.05) is 19.6 Å². The van der Waals surface area contributed by atoms with Gasteiger partial charge in [-0.05, 0) is 32.2 Å². The smallest absolute Gasteiger partial charge is 0.234 e. The molecule has 2 aliphatic carbocycles. The summed E-state index contributed by atoms with van der Waals surface area (Å²) in [5.74, 6) is 0.198. The van der Waals surface area contributed by atoms with E-state index in [0.29, 0.717) is 19.1 Å². The molecule has 2 saturated carbocycles. The van der Waals surface area contributed by atoms with Crippen molar-refractivity contribution in [2.45, 2.75) is 82.7 Å². The van der Waals surface area contributed by atoms with E-state index in [0.717, 1.165) is 32.2 Å². The van der Waals surface area contributed by atoms with Gasteiger partial charge in [0.15, 0.2) is 0 Å². The summed E-state index contributed by atoms with van der Waals surface area (Å²) < 4.78 is 0. The van der Waals surface area contributed by atoms with Crippen molar-refractivity contribution >= 4 is 5.91 Å². The van der Waals surface area contributed by atoms with Gasteiger partial charge in [-0.3, -0.25) is 9.69 Å². The van der Waals surface area contributed by atoms with Crippen LogP contribution < -0.4 is 11.1 Å². The Hall–Kier alpha value is -0.610. The van der Waals surface area contributed by atoms with E-state index in [2.05, 4.69) is 17.1 Å². The lowest BCUT2D eigenvalue weighted by Crippen LogP contribution is -2.55. The molecule has 2 fully saturated rings. The van der Waals surface area contributed by atoms with E-state index in [1.54, 1.807) is 0 Å². The average molecular weight is 295 g/mol. The maximum absolute atomic E-state index is 12.4. The number of likely N-dealkylation sites (N-methyl/N-ethyl adjacent to an activating group) is 1. The summed E-state index contributed by atoms with van der Waals surface area (Å²) in [6.07, 6.45) is 12.3. The Balaban J connectivity index is 1.86. The number of nitrogens with one attached hydrogen (secondary N) is 1. The van der Waals surface area contributed by atoms with Gasteiger partial charge in [-0.15, -0.1) is 0 Å². The van der Waals surface area contributed by atoms with Crippen molar-refractivity contribution < 1.29 is 4.79 Å². The molecule has 4 heteroatoms. The fourth-order valence-corrected chi connectivity index (χ4v) is 4.17. The molecule has 0 unspecified atom stereocenters. The Bertz CT molecular complexity index is 318. The zero-order chi connectivity index (χ0) is 15.1. The van der Waals surface area contributed by atoms with Crippen LogP contribution in [0.1, 0.15) is 71.1 Å². The third-order valence-electron chi connectivity index (χ3n) is 5.52. The van der Waals surface area contributed by atoms with Crippen LogP contribution >= 0.6 is 0 Å². The Kier molecular flexibility index (Phi) is 6.49. The van der Waals surface area contributed by atoms with E-state index < -0.39 is 0 Å². The first-order chi connectivity index (χ1) is 10.2. The summed E-state index contributed by atoms with van der Waals surface area (Å²) in [5, 5.41) is 3.27. The monoisotopic (exact) mass is 295 g/mol. The molecule has 0 heterocycles. The van der Waals surface area contributed by atoms with Gasteiger partial charge in [0.2, 0.25) is 5.91 Å². The molecule has 2 rings (SSSR count). The Morgan fingerprint density at radius 1 is 1.14 bits per heavy atom. The van der Waals surface area contributed by atoms with Crippen LogP contribution in [0.3, 0.4) is 0 Å². The molecule has 0 radical (unpaired) electrons. The summed E-state index contributed by atoms with van der Waals surface area (Å²) in [6, 6.07) is 0.399. The van der Waals surface area contributed by atoms with Crippen LogP contribution in [0.5, 0.6) is 0 Å². The lowest BCUT2D eigenvalue weighted by atomic mass is 9.95. The fourth-order valence-electron chi connectivity index (χ4n) is 4.17. The Labute approximate surface area is 129 Å². The molecule has 4 nitrogen and oxygen atoms in total. The number of nitrogens with zero attached hydrogens (tertiary/aromatic N) is 1. The molecule has 0 spiro atoms. The van der Waals surface area contributed by atoms with Gasteiger partial charge >= 0.3 is 0 Å². The fraction of sp³-hybridized carbons (Fsp3) is 0.941. The van der Waals surface area contributed by atoms with E-state index in [1.165, 1.54) is 38.5 Å². The lowest BCUT2D eigenvalue weighted by molar-refractivity contribution is -0.124. The van der Waals surface area contributed by atoms with E-state index >= 15 is 0 Å². The zero-order valence-electron chi connectivity index (χ0n) is 13.7. The molecule has 3 N–H and O–H groups in total. The molecular formula is C17H33N3O. The van der Waals surface area contributed by atoms with Crippen molar-refractivity contribution in [3.63, 3.8) is 0 Å². The van der Waals surface area contributed by atoms with Crippen LogP contribution in [0.25, 0.3) is 0 Å².